The molecule has 0 radical (unpaired) electrons. The molecule has 0 bridgehead atoms. The summed E-state index contributed by atoms with van der Waals surface area (Å²) in [6, 6.07) is 22.2. The van der Waals surface area contributed by atoms with Gasteiger partial charge in [0, 0.05) is 22.2 Å². The number of carbonyl (C=O) groups excluding carboxylic acids is 1. The molecule has 4 aromatic rings. The zero-order valence-electron chi connectivity index (χ0n) is 18.4. The molecule has 1 aromatic heterocycles. The Balaban J connectivity index is 1.30. The average molecular weight is 475 g/mol. The Hall–Kier alpha value is -3.98. The first-order valence-electron chi connectivity index (χ1n) is 10.8. The first kappa shape index (κ1) is 21.8. The van der Waals surface area contributed by atoms with Crippen LogP contribution < -0.4 is 10.0 Å². The number of benzene rings is 3. The van der Waals surface area contributed by atoms with E-state index >= 15 is 0 Å². The van der Waals surface area contributed by atoms with E-state index in [1.807, 2.05) is 37.3 Å². The van der Waals surface area contributed by atoms with E-state index in [2.05, 4.69) is 20.2 Å². The standard InChI is InChI=1S/C25H22N4O4S/c1-25(14-15-25)24(30)26-19-8-5-9-20(16-19)29-34(31,32)21-12-10-17(11-13-21)22-27-23(33-28-22)18-6-3-2-4-7-18/h2-13,16,29H,14-15H2,1H3,(H,26,30). The molecule has 1 heterocycles. The Labute approximate surface area is 197 Å². The molecule has 1 aliphatic carbocycles. The van der Waals surface area contributed by atoms with Crippen molar-refractivity contribution < 1.29 is 17.7 Å². The zero-order valence-corrected chi connectivity index (χ0v) is 19.2. The molecule has 1 aliphatic rings. The minimum atomic E-state index is -3.84. The van der Waals surface area contributed by atoms with E-state index in [1.165, 1.54) is 12.1 Å². The molecule has 1 saturated carbocycles. The molecular weight excluding hydrogens is 452 g/mol. The third-order valence-corrected chi connectivity index (χ3v) is 7.19. The van der Waals surface area contributed by atoms with Crippen molar-refractivity contribution in [3.05, 3.63) is 78.9 Å². The number of anilines is 2. The van der Waals surface area contributed by atoms with Crippen molar-refractivity contribution >= 4 is 27.3 Å². The lowest BCUT2D eigenvalue weighted by molar-refractivity contribution is -0.120. The normalized spacial score (nSPS) is 14.4. The fourth-order valence-corrected chi connectivity index (χ4v) is 4.44. The molecule has 9 heteroatoms. The summed E-state index contributed by atoms with van der Waals surface area (Å²) in [4.78, 5) is 16.8. The highest BCUT2D eigenvalue weighted by Crippen LogP contribution is 2.45. The molecular formula is C25H22N4O4S. The molecule has 0 aliphatic heterocycles. The van der Waals surface area contributed by atoms with Crippen LogP contribution in [0.1, 0.15) is 19.8 Å². The Morgan fingerprint density at radius 1 is 0.912 bits per heavy atom. The highest BCUT2D eigenvalue weighted by molar-refractivity contribution is 7.92. The minimum absolute atomic E-state index is 0.0556. The summed E-state index contributed by atoms with van der Waals surface area (Å²) in [5.41, 5.74) is 2.00. The van der Waals surface area contributed by atoms with Crippen LogP contribution in [0.2, 0.25) is 0 Å². The maximum absolute atomic E-state index is 12.9. The van der Waals surface area contributed by atoms with Gasteiger partial charge in [-0.2, -0.15) is 4.98 Å². The van der Waals surface area contributed by atoms with Gasteiger partial charge < -0.3 is 9.84 Å². The van der Waals surface area contributed by atoms with Crippen LogP contribution >= 0.6 is 0 Å². The molecule has 1 fully saturated rings. The maximum Gasteiger partial charge on any atom is 0.261 e. The molecule has 0 spiro atoms. The largest absolute Gasteiger partial charge is 0.334 e. The quantitative estimate of drug-likeness (QED) is 0.392. The van der Waals surface area contributed by atoms with Crippen LogP contribution in [0.15, 0.2) is 88.3 Å². The van der Waals surface area contributed by atoms with E-state index in [4.69, 9.17) is 4.52 Å². The van der Waals surface area contributed by atoms with Crippen molar-refractivity contribution in [2.24, 2.45) is 5.41 Å². The van der Waals surface area contributed by atoms with Crippen molar-refractivity contribution in [1.29, 1.82) is 0 Å². The molecule has 172 valence electrons. The van der Waals surface area contributed by atoms with E-state index in [0.717, 1.165) is 18.4 Å². The molecule has 0 unspecified atom stereocenters. The molecule has 3 aromatic carbocycles. The summed E-state index contributed by atoms with van der Waals surface area (Å²) in [7, 11) is -3.84. The Morgan fingerprint density at radius 2 is 1.62 bits per heavy atom. The van der Waals surface area contributed by atoms with Gasteiger partial charge in [0.2, 0.25) is 11.7 Å². The summed E-state index contributed by atoms with van der Waals surface area (Å²) in [5.74, 6) is 0.695. The Kier molecular flexibility index (Phi) is 5.41. The lowest BCUT2D eigenvalue weighted by Gasteiger charge is -2.12. The number of aromatic nitrogens is 2. The van der Waals surface area contributed by atoms with Crippen molar-refractivity contribution in [2.45, 2.75) is 24.7 Å². The smallest absolute Gasteiger partial charge is 0.261 e. The fourth-order valence-electron chi connectivity index (χ4n) is 3.39. The van der Waals surface area contributed by atoms with Gasteiger partial charge in [-0.15, -0.1) is 0 Å². The summed E-state index contributed by atoms with van der Waals surface area (Å²) in [5, 5.41) is 6.84. The van der Waals surface area contributed by atoms with E-state index in [-0.39, 0.29) is 16.2 Å². The van der Waals surface area contributed by atoms with E-state index < -0.39 is 10.0 Å². The predicted octanol–water partition coefficient (Wildman–Crippen LogP) is 4.94. The molecule has 0 atom stereocenters. The van der Waals surface area contributed by atoms with Crippen molar-refractivity contribution in [3.8, 4) is 22.8 Å². The van der Waals surface area contributed by atoms with Crippen molar-refractivity contribution in [1.82, 2.24) is 10.1 Å². The average Bonchev–Trinajstić information content (AvgIpc) is 3.40. The Morgan fingerprint density at radius 3 is 2.32 bits per heavy atom. The predicted molar refractivity (Wildman–Crippen MR) is 128 cm³/mol. The van der Waals surface area contributed by atoms with Gasteiger partial charge >= 0.3 is 0 Å². The lowest BCUT2D eigenvalue weighted by Crippen LogP contribution is -2.21. The third kappa shape index (κ3) is 4.55. The topological polar surface area (TPSA) is 114 Å². The van der Waals surface area contributed by atoms with Gasteiger partial charge in [-0.05, 0) is 67.4 Å². The van der Waals surface area contributed by atoms with Gasteiger partial charge in [0.15, 0.2) is 0 Å². The van der Waals surface area contributed by atoms with Gasteiger partial charge in [0.25, 0.3) is 15.9 Å². The maximum atomic E-state index is 12.9. The minimum Gasteiger partial charge on any atom is -0.334 e. The zero-order chi connectivity index (χ0) is 23.8. The Bertz CT molecular complexity index is 1440. The molecule has 34 heavy (non-hydrogen) atoms. The lowest BCUT2D eigenvalue weighted by atomic mass is 10.1. The first-order chi connectivity index (χ1) is 16.3. The monoisotopic (exact) mass is 474 g/mol. The van der Waals surface area contributed by atoms with Crippen LogP contribution in [0.4, 0.5) is 11.4 Å². The summed E-state index contributed by atoms with van der Waals surface area (Å²) in [6.07, 6.45) is 1.72. The number of nitrogens with zero attached hydrogens (tertiary/aromatic N) is 2. The highest BCUT2D eigenvalue weighted by atomic mass is 32.2. The molecule has 8 nitrogen and oxygen atoms in total. The number of hydrogen-bond donors (Lipinski definition) is 2. The van der Waals surface area contributed by atoms with Crippen LogP contribution in [0, 0.1) is 5.41 Å². The van der Waals surface area contributed by atoms with E-state index in [0.29, 0.717) is 28.7 Å². The van der Waals surface area contributed by atoms with Crippen LogP contribution in [-0.2, 0) is 14.8 Å². The number of hydrogen-bond acceptors (Lipinski definition) is 6. The molecule has 1 amide bonds. The van der Waals surface area contributed by atoms with Gasteiger partial charge in [0.05, 0.1) is 10.6 Å². The highest BCUT2D eigenvalue weighted by Gasteiger charge is 2.44. The van der Waals surface area contributed by atoms with Crippen LogP contribution in [0.25, 0.3) is 22.8 Å². The van der Waals surface area contributed by atoms with Crippen LogP contribution in [0.3, 0.4) is 0 Å². The SMILES string of the molecule is CC1(C(=O)Nc2cccc(NS(=O)(=O)c3ccc(-c4noc(-c5ccccc5)n4)cc3)c2)CC1. The number of amides is 1. The van der Waals surface area contributed by atoms with Crippen LogP contribution in [-0.4, -0.2) is 24.5 Å². The first-order valence-corrected chi connectivity index (χ1v) is 12.2. The van der Waals surface area contributed by atoms with Gasteiger partial charge in [-0.25, -0.2) is 8.42 Å². The van der Waals surface area contributed by atoms with E-state index in [9.17, 15) is 13.2 Å². The number of rotatable bonds is 7. The summed E-state index contributed by atoms with van der Waals surface area (Å²) >= 11 is 0. The van der Waals surface area contributed by atoms with Crippen molar-refractivity contribution in [3.63, 3.8) is 0 Å². The van der Waals surface area contributed by atoms with Crippen LogP contribution in [0.5, 0.6) is 0 Å². The molecule has 0 saturated heterocycles. The number of sulfonamides is 1. The van der Waals surface area contributed by atoms with Gasteiger partial charge in [-0.3, -0.25) is 9.52 Å². The third-order valence-electron chi connectivity index (χ3n) is 5.79. The summed E-state index contributed by atoms with van der Waals surface area (Å²) in [6.45, 7) is 1.91. The van der Waals surface area contributed by atoms with Gasteiger partial charge in [-0.1, -0.05) is 36.3 Å². The van der Waals surface area contributed by atoms with Gasteiger partial charge in [0.1, 0.15) is 0 Å². The second-order valence-corrected chi connectivity index (χ2v) is 10.2. The summed E-state index contributed by atoms with van der Waals surface area (Å²) < 4.78 is 33.7. The second kappa shape index (κ2) is 8.42. The van der Waals surface area contributed by atoms with Crippen molar-refractivity contribution in [2.75, 3.05) is 10.0 Å². The number of nitrogens with one attached hydrogen (secondary N) is 2. The number of carbonyl (C=O) groups is 1. The fraction of sp³-hybridized carbons (Fsp3) is 0.160. The molecule has 5 rings (SSSR count). The van der Waals surface area contributed by atoms with E-state index in [1.54, 1.807) is 36.4 Å². The molecule has 2 N–H and O–H groups in total. The second-order valence-electron chi connectivity index (χ2n) is 8.51.